The second-order valence-corrected chi connectivity index (χ2v) is 10.7. The predicted octanol–water partition coefficient (Wildman–Crippen LogP) is 5.51. The number of ether oxygens (including phenoxy) is 2. The fraction of sp³-hybridized carbons (Fsp3) is 0.750. The van der Waals surface area contributed by atoms with E-state index in [4.69, 9.17) is 9.47 Å². The maximum Gasteiger partial charge on any atom is 0.309 e. The van der Waals surface area contributed by atoms with Crippen LogP contribution in [-0.2, 0) is 14.3 Å². The molecule has 33 heavy (non-hydrogen) atoms. The molecule has 8 atom stereocenters. The van der Waals surface area contributed by atoms with Crippen LogP contribution in [0.25, 0.3) is 0 Å². The number of aliphatic hydroxyl groups is 2. The van der Waals surface area contributed by atoms with Crippen LogP contribution in [0.2, 0.25) is 0 Å². The van der Waals surface area contributed by atoms with Crippen molar-refractivity contribution in [1.82, 2.24) is 0 Å². The quantitative estimate of drug-likeness (QED) is 0.215. The van der Waals surface area contributed by atoms with Crippen LogP contribution in [0.3, 0.4) is 0 Å². The standard InChI is InChI=1S/C28H46O5/c1-7-10-20(3)27-24(32-27)17-19(2)11-8-12-21(4)26-22(5)13-9-15-28(6,31)16-14-23(29)18-25(30)33-26/h8-9,11-13,19-20,22-24,26-27,29,31H,7,10,14-18H2,1-6H3/b11-8+,13-9+,21-12+/t19-,20-,22+,23-,24-,26-,27-,28+/m1/s1. The smallest absolute Gasteiger partial charge is 0.309 e. The van der Waals surface area contributed by atoms with Gasteiger partial charge in [-0.25, -0.2) is 0 Å². The zero-order chi connectivity index (χ0) is 24.6. The van der Waals surface area contributed by atoms with Gasteiger partial charge in [0, 0.05) is 5.92 Å². The zero-order valence-electron chi connectivity index (χ0n) is 21.5. The van der Waals surface area contributed by atoms with E-state index < -0.39 is 23.8 Å². The van der Waals surface area contributed by atoms with Crippen molar-refractivity contribution in [2.45, 2.75) is 117 Å². The molecule has 0 spiro atoms. The third-order valence-corrected chi connectivity index (χ3v) is 6.93. The van der Waals surface area contributed by atoms with E-state index in [1.54, 1.807) is 6.92 Å². The number of aliphatic hydroxyl groups excluding tert-OH is 1. The van der Waals surface area contributed by atoms with Crippen molar-refractivity contribution in [2.24, 2.45) is 17.8 Å². The SMILES string of the molecule is CCC[C@@H](C)[C@H]1O[C@@H]1C[C@H](C)/C=C/C=C(\C)[C@H]1OC(=O)C[C@H](O)CC[C@@](C)(O)C/C=C/[C@@H]1C. The lowest BCUT2D eigenvalue weighted by Gasteiger charge is -2.27. The molecule has 5 heteroatoms. The number of rotatable bonds is 8. The minimum atomic E-state index is -0.891. The molecule has 5 nitrogen and oxygen atoms in total. The summed E-state index contributed by atoms with van der Waals surface area (Å²) in [5, 5.41) is 20.7. The van der Waals surface area contributed by atoms with E-state index in [-0.39, 0.29) is 12.3 Å². The summed E-state index contributed by atoms with van der Waals surface area (Å²) in [6, 6.07) is 0. The Morgan fingerprint density at radius 1 is 1.36 bits per heavy atom. The summed E-state index contributed by atoms with van der Waals surface area (Å²) >= 11 is 0. The van der Waals surface area contributed by atoms with Gasteiger partial charge in [0.05, 0.1) is 30.3 Å². The van der Waals surface area contributed by atoms with Gasteiger partial charge in [0.1, 0.15) is 6.10 Å². The van der Waals surface area contributed by atoms with Gasteiger partial charge in [-0.2, -0.15) is 0 Å². The number of hydrogen-bond donors (Lipinski definition) is 2. The van der Waals surface area contributed by atoms with Gasteiger partial charge in [0.2, 0.25) is 0 Å². The maximum atomic E-state index is 12.4. The van der Waals surface area contributed by atoms with Gasteiger partial charge in [-0.15, -0.1) is 0 Å². The van der Waals surface area contributed by atoms with Crippen molar-refractivity contribution in [3.63, 3.8) is 0 Å². The molecule has 2 aliphatic rings. The molecule has 2 heterocycles. The molecule has 0 amide bonds. The highest BCUT2D eigenvalue weighted by Gasteiger charge is 2.42. The lowest BCUT2D eigenvalue weighted by Crippen LogP contribution is -2.30. The fourth-order valence-corrected chi connectivity index (χ4v) is 4.72. The molecular formula is C28H46O5. The molecule has 0 saturated carbocycles. The third-order valence-electron chi connectivity index (χ3n) is 6.93. The molecule has 1 saturated heterocycles. The van der Waals surface area contributed by atoms with Crippen LogP contribution in [0.15, 0.2) is 36.0 Å². The largest absolute Gasteiger partial charge is 0.457 e. The molecular weight excluding hydrogens is 416 g/mol. The normalized spacial score (nSPS) is 37.0. The van der Waals surface area contributed by atoms with Crippen LogP contribution < -0.4 is 0 Å². The first-order chi connectivity index (χ1) is 15.5. The van der Waals surface area contributed by atoms with Crippen molar-refractivity contribution >= 4 is 5.97 Å². The maximum absolute atomic E-state index is 12.4. The summed E-state index contributed by atoms with van der Waals surface area (Å²) in [6.07, 6.45) is 14.5. The van der Waals surface area contributed by atoms with Gasteiger partial charge < -0.3 is 19.7 Å². The van der Waals surface area contributed by atoms with Crippen molar-refractivity contribution in [3.05, 3.63) is 36.0 Å². The number of hydrogen-bond acceptors (Lipinski definition) is 5. The molecule has 2 rings (SSSR count). The Balaban J connectivity index is 1.99. The molecule has 0 radical (unpaired) electrons. The van der Waals surface area contributed by atoms with Gasteiger partial charge in [-0.05, 0) is 63.4 Å². The summed E-state index contributed by atoms with van der Waals surface area (Å²) in [7, 11) is 0. The lowest BCUT2D eigenvalue weighted by atomic mass is 9.91. The highest BCUT2D eigenvalue weighted by atomic mass is 16.6. The van der Waals surface area contributed by atoms with Crippen molar-refractivity contribution in [1.29, 1.82) is 0 Å². The van der Waals surface area contributed by atoms with Crippen molar-refractivity contribution in [2.75, 3.05) is 0 Å². The van der Waals surface area contributed by atoms with E-state index in [0.29, 0.717) is 43.3 Å². The Hall–Kier alpha value is -1.43. The van der Waals surface area contributed by atoms with Gasteiger partial charge in [0.15, 0.2) is 0 Å². The second-order valence-electron chi connectivity index (χ2n) is 10.7. The molecule has 0 aromatic heterocycles. The predicted molar refractivity (Wildman–Crippen MR) is 133 cm³/mol. The zero-order valence-corrected chi connectivity index (χ0v) is 21.5. The van der Waals surface area contributed by atoms with E-state index in [1.165, 1.54) is 12.8 Å². The third kappa shape index (κ3) is 9.76. The van der Waals surface area contributed by atoms with Gasteiger partial charge >= 0.3 is 5.97 Å². The first-order valence-corrected chi connectivity index (χ1v) is 12.8. The van der Waals surface area contributed by atoms with E-state index >= 15 is 0 Å². The molecule has 0 aromatic carbocycles. The average molecular weight is 463 g/mol. The number of allylic oxidation sites excluding steroid dienone is 3. The van der Waals surface area contributed by atoms with E-state index in [9.17, 15) is 15.0 Å². The Bertz CT molecular complexity index is 707. The molecule has 188 valence electrons. The Labute approximate surface area is 200 Å². The number of carbonyl (C=O) groups excluding carboxylic acids is 1. The van der Waals surface area contributed by atoms with Crippen LogP contribution in [0.1, 0.15) is 86.5 Å². The van der Waals surface area contributed by atoms with Gasteiger partial charge in [-0.1, -0.05) is 64.5 Å². The van der Waals surface area contributed by atoms with Crippen LogP contribution in [-0.4, -0.2) is 46.2 Å². The van der Waals surface area contributed by atoms with Crippen LogP contribution in [0, 0.1) is 17.8 Å². The number of carbonyl (C=O) groups is 1. The Morgan fingerprint density at radius 2 is 2.09 bits per heavy atom. The Kier molecular flexibility index (Phi) is 10.8. The molecule has 0 aromatic rings. The summed E-state index contributed by atoms with van der Waals surface area (Å²) in [5.41, 5.74) is 0.0671. The first kappa shape index (κ1) is 27.8. The highest BCUT2D eigenvalue weighted by molar-refractivity contribution is 5.70. The van der Waals surface area contributed by atoms with Crippen molar-refractivity contribution in [3.8, 4) is 0 Å². The monoisotopic (exact) mass is 462 g/mol. The van der Waals surface area contributed by atoms with Gasteiger partial charge in [-0.3, -0.25) is 4.79 Å². The highest BCUT2D eigenvalue weighted by Crippen LogP contribution is 2.36. The molecule has 2 aliphatic heterocycles. The average Bonchev–Trinajstić information content (AvgIpc) is 3.49. The van der Waals surface area contributed by atoms with Gasteiger partial charge in [0.25, 0.3) is 0 Å². The number of epoxide rings is 1. The molecule has 0 unspecified atom stereocenters. The molecule has 0 aliphatic carbocycles. The van der Waals surface area contributed by atoms with E-state index in [0.717, 1.165) is 12.0 Å². The lowest BCUT2D eigenvalue weighted by molar-refractivity contribution is -0.151. The van der Waals surface area contributed by atoms with Crippen LogP contribution in [0.5, 0.6) is 0 Å². The van der Waals surface area contributed by atoms with E-state index in [2.05, 4.69) is 26.8 Å². The molecule has 0 bridgehead atoms. The minimum absolute atomic E-state index is 0.0379. The van der Waals surface area contributed by atoms with E-state index in [1.807, 2.05) is 38.2 Å². The topological polar surface area (TPSA) is 79.3 Å². The second kappa shape index (κ2) is 12.9. The number of esters is 1. The first-order valence-electron chi connectivity index (χ1n) is 12.8. The summed E-state index contributed by atoms with van der Waals surface area (Å²) < 4.78 is 11.7. The van der Waals surface area contributed by atoms with Crippen molar-refractivity contribution < 1.29 is 24.5 Å². The molecule has 2 N–H and O–H groups in total. The summed E-state index contributed by atoms with van der Waals surface area (Å²) in [6.45, 7) is 12.5. The Morgan fingerprint density at radius 3 is 2.79 bits per heavy atom. The fourth-order valence-electron chi connectivity index (χ4n) is 4.72. The number of cyclic esters (lactones) is 1. The summed E-state index contributed by atoms with van der Waals surface area (Å²) in [5.74, 6) is 0.595. The van der Waals surface area contributed by atoms with Crippen LogP contribution >= 0.6 is 0 Å². The van der Waals surface area contributed by atoms with Crippen LogP contribution in [0.4, 0.5) is 0 Å². The summed E-state index contributed by atoms with van der Waals surface area (Å²) in [4.78, 5) is 12.4. The molecule has 1 fully saturated rings. The minimum Gasteiger partial charge on any atom is -0.457 e.